The highest BCUT2D eigenvalue weighted by Gasteiger charge is 2.19. The van der Waals surface area contributed by atoms with Crippen molar-refractivity contribution in [3.63, 3.8) is 0 Å². The maximum atomic E-state index is 11.3. The van der Waals surface area contributed by atoms with Crippen LogP contribution in [0.2, 0.25) is 5.02 Å². The Morgan fingerprint density at radius 1 is 1.17 bits per heavy atom. The predicted molar refractivity (Wildman–Crippen MR) is 112 cm³/mol. The Morgan fingerprint density at radius 2 is 1.97 bits per heavy atom. The Morgan fingerprint density at radius 3 is 2.67 bits per heavy atom. The number of hydrogen-bond acceptors (Lipinski definition) is 7. The zero-order chi connectivity index (χ0) is 21.7. The molecule has 2 N–H and O–H groups in total. The molecule has 0 radical (unpaired) electrons. The molecule has 1 heterocycles. The van der Waals surface area contributed by atoms with E-state index in [-0.39, 0.29) is 17.3 Å². The van der Waals surface area contributed by atoms with Crippen LogP contribution in [0.4, 0.5) is 5.69 Å². The second-order valence-corrected chi connectivity index (χ2v) is 6.88. The summed E-state index contributed by atoms with van der Waals surface area (Å²) < 4.78 is 16.2. The highest BCUT2D eigenvalue weighted by Crippen LogP contribution is 2.33. The van der Waals surface area contributed by atoms with E-state index in [2.05, 4.69) is 5.32 Å². The lowest BCUT2D eigenvalue weighted by atomic mass is 10.1. The number of halogens is 1. The largest absolute Gasteiger partial charge is 0.497 e. The van der Waals surface area contributed by atoms with Gasteiger partial charge in [-0.3, -0.25) is 10.1 Å². The van der Waals surface area contributed by atoms with Crippen molar-refractivity contribution in [1.82, 2.24) is 5.32 Å². The van der Waals surface area contributed by atoms with Gasteiger partial charge < -0.3 is 24.3 Å². The Balaban J connectivity index is 1.66. The van der Waals surface area contributed by atoms with Crippen molar-refractivity contribution in [3.05, 3.63) is 75.0 Å². The summed E-state index contributed by atoms with van der Waals surface area (Å²) >= 11 is 5.86. The third-order valence-electron chi connectivity index (χ3n) is 4.52. The van der Waals surface area contributed by atoms with Gasteiger partial charge in [0.15, 0.2) is 0 Å². The average Bonchev–Trinajstić information content (AvgIpc) is 3.21. The Kier molecular flexibility index (Phi) is 6.94. The molecule has 158 valence electrons. The van der Waals surface area contributed by atoms with E-state index < -0.39 is 11.0 Å². The molecule has 2 aromatic carbocycles. The third kappa shape index (κ3) is 4.91. The normalized spacial score (nSPS) is 11.9. The number of benzene rings is 2. The fourth-order valence-corrected chi connectivity index (χ4v) is 3.19. The van der Waals surface area contributed by atoms with Crippen LogP contribution in [0.3, 0.4) is 0 Å². The number of rotatable bonds is 9. The molecule has 0 amide bonds. The number of furan rings is 1. The van der Waals surface area contributed by atoms with E-state index in [0.717, 1.165) is 0 Å². The van der Waals surface area contributed by atoms with Gasteiger partial charge in [0.05, 0.1) is 37.4 Å². The Bertz CT molecular complexity index is 1040. The second kappa shape index (κ2) is 9.62. The maximum absolute atomic E-state index is 11.3. The van der Waals surface area contributed by atoms with Crippen LogP contribution in [-0.4, -0.2) is 30.8 Å². The van der Waals surface area contributed by atoms with Gasteiger partial charge in [-0.1, -0.05) is 11.6 Å². The molecule has 1 unspecified atom stereocenters. The highest BCUT2D eigenvalue weighted by atomic mass is 35.5. The number of hydrogen-bond donors (Lipinski definition) is 2. The van der Waals surface area contributed by atoms with Crippen LogP contribution in [0.1, 0.15) is 17.4 Å². The molecule has 0 aliphatic heterocycles. The van der Waals surface area contributed by atoms with Gasteiger partial charge in [0, 0.05) is 23.2 Å². The zero-order valence-corrected chi connectivity index (χ0v) is 17.2. The van der Waals surface area contributed by atoms with Crippen molar-refractivity contribution >= 4 is 17.3 Å². The minimum atomic E-state index is -0.832. The highest BCUT2D eigenvalue weighted by molar-refractivity contribution is 6.30. The van der Waals surface area contributed by atoms with E-state index in [4.69, 9.17) is 25.5 Å². The molecule has 0 saturated heterocycles. The number of aliphatic hydroxyl groups is 1. The van der Waals surface area contributed by atoms with Crippen molar-refractivity contribution in [2.75, 3.05) is 20.8 Å². The lowest BCUT2D eigenvalue weighted by molar-refractivity contribution is -0.384. The Labute approximate surface area is 178 Å². The minimum Gasteiger partial charge on any atom is -0.497 e. The topological polar surface area (TPSA) is 107 Å². The van der Waals surface area contributed by atoms with E-state index in [1.807, 2.05) is 0 Å². The number of nitrogens with one attached hydrogen (secondary N) is 1. The number of nitrogens with zero attached hydrogens (tertiary/aromatic N) is 1. The summed E-state index contributed by atoms with van der Waals surface area (Å²) in [6.07, 6.45) is -0.832. The van der Waals surface area contributed by atoms with Crippen molar-refractivity contribution in [2.24, 2.45) is 0 Å². The molecule has 0 fully saturated rings. The first-order valence-corrected chi connectivity index (χ1v) is 9.44. The SMILES string of the molecule is COc1ccc(OC)c(C(O)CNCc2ccc(-c3ccc(Cl)cc3[N+](=O)[O-])o2)c1. The molecule has 0 spiro atoms. The van der Waals surface area contributed by atoms with E-state index in [9.17, 15) is 15.2 Å². The molecule has 1 aromatic heterocycles. The van der Waals surface area contributed by atoms with Crippen LogP contribution in [0.25, 0.3) is 11.3 Å². The number of aliphatic hydroxyl groups excluding tert-OH is 1. The van der Waals surface area contributed by atoms with E-state index in [1.165, 1.54) is 13.2 Å². The average molecular weight is 433 g/mol. The summed E-state index contributed by atoms with van der Waals surface area (Å²) in [6, 6.07) is 13.0. The molecule has 0 aliphatic carbocycles. The standard InChI is InChI=1S/C21H21ClN2O6/c1-28-14-4-7-20(29-2)17(10-14)19(25)12-23-11-15-5-8-21(30-15)16-6-3-13(22)9-18(16)24(26)27/h3-10,19,23,25H,11-12H2,1-2H3. The molecule has 0 bridgehead atoms. The molecule has 0 saturated carbocycles. The summed E-state index contributed by atoms with van der Waals surface area (Å²) in [5.41, 5.74) is 0.815. The minimum absolute atomic E-state index is 0.128. The zero-order valence-electron chi connectivity index (χ0n) is 16.4. The van der Waals surface area contributed by atoms with E-state index >= 15 is 0 Å². The molecule has 9 heteroatoms. The van der Waals surface area contributed by atoms with Crippen molar-refractivity contribution in [2.45, 2.75) is 12.6 Å². The first-order chi connectivity index (χ1) is 14.4. The fraction of sp³-hybridized carbons (Fsp3) is 0.238. The number of nitro groups is 1. The molecule has 8 nitrogen and oxygen atoms in total. The summed E-state index contributed by atoms with van der Waals surface area (Å²) in [7, 11) is 3.08. The fourth-order valence-electron chi connectivity index (χ4n) is 3.02. The molecule has 1 atom stereocenters. The van der Waals surface area contributed by atoms with Crippen LogP contribution in [-0.2, 0) is 6.54 Å². The lowest BCUT2D eigenvalue weighted by Gasteiger charge is -2.16. The van der Waals surface area contributed by atoms with Crippen molar-refractivity contribution < 1.29 is 23.9 Å². The van der Waals surface area contributed by atoms with E-state index in [0.29, 0.717) is 40.7 Å². The summed E-state index contributed by atoms with van der Waals surface area (Å²) in [5.74, 6) is 2.11. The number of methoxy groups -OCH3 is 2. The van der Waals surface area contributed by atoms with Crippen molar-refractivity contribution in [1.29, 1.82) is 0 Å². The smallest absolute Gasteiger partial charge is 0.281 e. The van der Waals surface area contributed by atoms with Gasteiger partial charge in [-0.05, 0) is 42.5 Å². The van der Waals surface area contributed by atoms with Crippen LogP contribution < -0.4 is 14.8 Å². The maximum Gasteiger partial charge on any atom is 0.281 e. The summed E-state index contributed by atoms with van der Waals surface area (Å²) in [5, 5.41) is 25.2. The lowest BCUT2D eigenvalue weighted by Crippen LogP contribution is -2.21. The molecular formula is C21H21ClN2O6. The van der Waals surface area contributed by atoms with Gasteiger partial charge in [0.25, 0.3) is 5.69 Å². The van der Waals surface area contributed by atoms with Crippen LogP contribution >= 0.6 is 11.6 Å². The van der Waals surface area contributed by atoms with Gasteiger partial charge in [-0.2, -0.15) is 0 Å². The number of ether oxygens (including phenoxy) is 2. The van der Waals surface area contributed by atoms with E-state index in [1.54, 1.807) is 49.6 Å². The van der Waals surface area contributed by atoms with Gasteiger partial charge >= 0.3 is 0 Å². The first-order valence-electron chi connectivity index (χ1n) is 9.06. The van der Waals surface area contributed by atoms with Crippen LogP contribution in [0, 0.1) is 10.1 Å². The Hall–Kier alpha value is -3.07. The monoisotopic (exact) mass is 432 g/mol. The molecule has 3 aromatic rings. The summed E-state index contributed by atoms with van der Waals surface area (Å²) in [4.78, 5) is 10.8. The molecular weight excluding hydrogens is 412 g/mol. The van der Waals surface area contributed by atoms with Crippen LogP contribution in [0.5, 0.6) is 11.5 Å². The quantitative estimate of drug-likeness (QED) is 0.382. The first kappa shape index (κ1) is 21.6. The van der Waals surface area contributed by atoms with Gasteiger partial charge in [-0.25, -0.2) is 0 Å². The summed E-state index contributed by atoms with van der Waals surface area (Å²) in [6.45, 7) is 0.561. The van der Waals surface area contributed by atoms with Gasteiger partial charge in [0.1, 0.15) is 23.0 Å². The van der Waals surface area contributed by atoms with Gasteiger partial charge in [-0.15, -0.1) is 0 Å². The predicted octanol–water partition coefficient (Wildman–Crippen LogP) is 4.35. The van der Waals surface area contributed by atoms with Crippen molar-refractivity contribution in [3.8, 4) is 22.8 Å². The molecule has 3 rings (SSSR count). The molecule has 30 heavy (non-hydrogen) atoms. The number of nitro benzene ring substituents is 1. The van der Waals surface area contributed by atoms with Gasteiger partial charge in [0.2, 0.25) is 0 Å². The third-order valence-corrected chi connectivity index (χ3v) is 4.75. The molecule has 0 aliphatic rings. The van der Waals surface area contributed by atoms with Crippen LogP contribution in [0.15, 0.2) is 52.9 Å². The second-order valence-electron chi connectivity index (χ2n) is 6.44.